The number of amides is 1. The van der Waals surface area contributed by atoms with Crippen molar-refractivity contribution in [3.63, 3.8) is 0 Å². The largest absolute Gasteiger partial charge is 0.462 e. The number of carbonyl (C=O) groups is 6. The smallest absolute Gasteiger partial charge is 0.340 e. The fourth-order valence-corrected chi connectivity index (χ4v) is 12.4. The molecule has 0 aliphatic carbocycles. The Bertz CT molecular complexity index is 3990. The van der Waals surface area contributed by atoms with Crippen LogP contribution in [0.5, 0.6) is 0 Å². The molecule has 116 heavy (non-hydrogen) atoms. The van der Waals surface area contributed by atoms with Crippen LogP contribution in [0.3, 0.4) is 0 Å². The molecule has 0 radical (unpaired) electrons. The first-order valence-corrected chi connectivity index (χ1v) is 42.0. The Hall–Kier alpha value is -11.0. The number of benzene rings is 6. The zero-order valence-electron chi connectivity index (χ0n) is 70.6. The Morgan fingerprint density at radius 3 is 0.750 bits per heavy atom. The highest BCUT2D eigenvalue weighted by Gasteiger charge is 2.23. The number of aromatic nitrogens is 6. The van der Waals surface area contributed by atoms with Gasteiger partial charge in [-0.1, -0.05) is 190 Å². The molecule has 0 fully saturated rings. The number of para-hydroxylation sites is 2. The summed E-state index contributed by atoms with van der Waals surface area (Å²) < 4.78 is 28.5. The first kappa shape index (κ1) is 92.1. The summed E-state index contributed by atoms with van der Waals surface area (Å²) in [7, 11) is 0. The van der Waals surface area contributed by atoms with E-state index in [4.69, 9.17) is 23.7 Å². The van der Waals surface area contributed by atoms with E-state index in [0.29, 0.717) is 130 Å². The number of rotatable bonds is 48. The van der Waals surface area contributed by atoms with Gasteiger partial charge in [-0.2, -0.15) is 29.9 Å². The van der Waals surface area contributed by atoms with Crippen molar-refractivity contribution in [3.8, 4) is 0 Å². The average molecular weight is 1590 g/mol. The summed E-state index contributed by atoms with van der Waals surface area (Å²) >= 11 is 0. The predicted molar refractivity (Wildman–Crippen MR) is 463 cm³/mol. The minimum Gasteiger partial charge on any atom is -0.462 e. The summed E-state index contributed by atoms with van der Waals surface area (Å²) in [6.07, 6.45) is 20.9. The van der Waals surface area contributed by atoms with Gasteiger partial charge in [0, 0.05) is 33.9 Å². The maximum atomic E-state index is 13.4. The second-order valence-corrected chi connectivity index (χ2v) is 30.5. The van der Waals surface area contributed by atoms with Gasteiger partial charge in [0.1, 0.15) is 0 Å². The molecule has 7 N–H and O–H groups in total. The van der Waals surface area contributed by atoms with Crippen molar-refractivity contribution < 1.29 is 52.5 Å². The molecule has 1 amide bonds. The number of ether oxygens (including phenoxy) is 5. The second kappa shape index (κ2) is 49.7. The number of nitrogens with one attached hydrogen (secondary N) is 7. The van der Waals surface area contributed by atoms with Gasteiger partial charge in [-0.25, -0.2) is 24.0 Å². The maximum absolute atomic E-state index is 13.4. The van der Waals surface area contributed by atoms with Crippen LogP contribution in [0.1, 0.15) is 281 Å². The van der Waals surface area contributed by atoms with Gasteiger partial charge in [0.15, 0.2) is 0 Å². The third kappa shape index (κ3) is 32.0. The van der Waals surface area contributed by atoms with Crippen molar-refractivity contribution in [1.29, 1.82) is 0 Å². The minimum absolute atomic E-state index is 0.127. The van der Waals surface area contributed by atoms with E-state index in [1.807, 2.05) is 20.8 Å². The summed E-state index contributed by atoms with van der Waals surface area (Å²) in [6.45, 7) is 29.0. The van der Waals surface area contributed by atoms with Crippen molar-refractivity contribution in [3.05, 3.63) is 179 Å². The maximum Gasteiger partial charge on any atom is 0.340 e. The van der Waals surface area contributed by atoms with Gasteiger partial charge in [-0.3, -0.25) is 4.79 Å². The summed E-state index contributed by atoms with van der Waals surface area (Å²) in [5.41, 5.74) is 5.63. The van der Waals surface area contributed by atoms with Gasteiger partial charge in [0.2, 0.25) is 35.7 Å². The molecule has 0 saturated carbocycles. The third-order valence-corrected chi connectivity index (χ3v) is 20.0. The molecule has 2 aromatic heterocycles. The van der Waals surface area contributed by atoms with Crippen molar-refractivity contribution in [2.45, 2.75) is 224 Å². The lowest BCUT2D eigenvalue weighted by Crippen LogP contribution is -2.40. The fraction of sp³-hybridized carbons (Fsp3) is 0.478. The lowest BCUT2D eigenvalue weighted by Gasteiger charge is -2.20. The molecule has 6 aromatic carbocycles. The monoisotopic (exact) mass is 1590 g/mol. The normalized spacial score (nSPS) is 12.4. The van der Waals surface area contributed by atoms with Crippen LogP contribution in [0.15, 0.2) is 146 Å². The molecule has 24 nitrogen and oxygen atoms in total. The zero-order chi connectivity index (χ0) is 83.6. The summed E-state index contributed by atoms with van der Waals surface area (Å²) in [4.78, 5) is 106. The molecule has 5 unspecified atom stereocenters. The van der Waals surface area contributed by atoms with E-state index in [-0.39, 0.29) is 65.0 Å². The molecule has 0 bridgehead atoms. The second-order valence-electron chi connectivity index (χ2n) is 30.5. The highest BCUT2D eigenvalue weighted by atomic mass is 16.5. The van der Waals surface area contributed by atoms with Gasteiger partial charge in [0.25, 0.3) is 5.91 Å². The van der Waals surface area contributed by atoms with Crippen LogP contribution in [0.25, 0.3) is 0 Å². The Morgan fingerprint density at radius 1 is 0.293 bits per heavy atom. The Morgan fingerprint density at radius 2 is 0.517 bits per heavy atom. The summed E-state index contributed by atoms with van der Waals surface area (Å²) in [5.74, 6) is 0.600. The van der Waals surface area contributed by atoms with E-state index < -0.39 is 11.9 Å². The summed E-state index contributed by atoms with van der Waals surface area (Å²) in [5, 5.41) is 22.2. The molecule has 5 atom stereocenters. The number of nitrogens with zero attached hydrogens (tertiary/aromatic N) is 6. The van der Waals surface area contributed by atoms with E-state index in [0.717, 1.165) is 128 Å². The van der Waals surface area contributed by atoms with Crippen molar-refractivity contribution in [1.82, 2.24) is 35.2 Å². The van der Waals surface area contributed by atoms with Gasteiger partial charge in [-0.15, -0.1) is 0 Å². The van der Waals surface area contributed by atoms with Crippen LogP contribution in [0.4, 0.5) is 69.8 Å². The quantitative estimate of drug-likeness (QED) is 0.0138. The van der Waals surface area contributed by atoms with Crippen molar-refractivity contribution in [2.24, 2.45) is 29.6 Å². The molecule has 24 heteroatoms. The Kier molecular flexibility index (Phi) is 39.4. The van der Waals surface area contributed by atoms with Crippen LogP contribution < -0.4 is 37.2 Å². The van der Waals surface area contributed by atoms with Crippen LogP contribution in [-0.2, 0) is 23.7 Å². The zero-order valence-corrected chi connectivity index (χ0v) is 70.6. The van der Waals surface area contributed by atoms with Gasteiger partial charge in [-0.05, 0) is 204 Å². The predicted octanol–water partition coefficient (Wildman–Crippen LogP) is 22.6. The third-order valence-electron chi connectivity index (χ3n) is 20.0. The number of anilines is 12. The number of hydrogen-bond donors (Lipinski definition) is 7. The number of esters is 5. The SMILES string of the molecule is CCCCC(CC)COC(=O)c1ccc(Nc2nc(Nc3ccc(C(=O)OCC(CC)CCCC)cc3)nc(Nc3ccc(C(=O)OCC(CC)CCCC)cc3)n2)cc1.CCCCC(CC)COC(=O)c1ccccc1Nc1nc(Nc2ccc(C(=O)NC(C)(C)C)cc2)nc(Nc2ccccc2C(=O)OCC(CC)CCCC)n1. The van der Waals surface area contributed by atoms with Gasteiger partial charge in [0.05, 0.1) is 72.2 Å². The number of unbranched alkanes of at least 4 members (excludes halogenated alkanes) is 5. The van der Waals surface area contributed by atoms with Crippen molar-refractivity contribution >= 4 is 106 Å². The van der Waals surface area contributed by atoms with Crippen LogP contribution in [0, 0.1) is 29.6 Å². The van der Waals surface area contributed by atoms with E-state index in [9.17, 15) is 28.8 Å². The first-order valence-electron chi connectivity index (χ1n) is 42.0. The average Bonchev–Trinajstić information content (AvgIpc) is 0.859. The highest BCUT2D eigenvalue weighted by Crippen LogP contribution is 2.30. The summed E-state index contributed by atoms with van der Waals surface area (Å²) in [6, 6.07) is 41.8. The molecule has 8 aromatic rings. The highest BCUT2D eigenvalue weighted by molar-refractivity contribution is 5.98. The Balaban J connectivity index is 0.000000322. The topological polar surface area (TPSA) is 310 Å². The molecule has 624 valence electrons. The molecular formula is C92H125N13O11. The van der Waals surface area contributed by atoms with E-state index >= 15 is 0 Å². The number of hydrogen-bond acceptors (Lipinski definition) is 23. The Labute approximate surface area is 687 Å². The van der Waals surface area contributed by atoms with E-state index in [2.05, 4.69) is 136 Å². The molecule has 0 aliphatic heterocycles. The van der Waals surface area contributed by atoms with Crippen LogP contribution >= 0.6 is 0 Å². The molecular weight excluding hydrogens is 1460 g/mol. The van der Waals surface area contributed by atoms with Crippen molar-refractivity contribution in [2.75, 3.05) is 64.9 Å². The van der Waals surface area contributed by atoms with Crippen LogP contribution in [0.2, 0.25) is 0 Å². The standard InChI is InChI=1S/C48H66N6O6.C44H59N7O5/c1-7-13-16-34(10-4)31-58-43(55)37-19-25-40(26-20-37)49-46-52-47(50-41-27-21-38(22-28-41)44(56)59-32-35(11-5)17-14-8-2)54-48(53-46)51-42-29-23-39(24-30-42)45(57)60-33-36(12-6)18-15-9-3;1-8-12-18-30(10-3)28-55-39(53)34-20-14-16-22-36(34)46-42-48-41(45-33-26-24-32(25-27-33)38(52)51-44(5,6)7)49-43(50-42)47-37-23-17-15-21-35(37)40(54)56-29-31(11-4)19-13-9-2/h19-30,34-36H,7-18,31-33H2,1-6H3,(H3,49,50,51,52,53,54);14-17,20-27,30-31H,8-13,18-19,28-29H2,1-7H3,(H,51,52)(H3,45,46,47,48,49,50). The molecule has 0 spiro atoms. The molecule has 8 rings (SSSR count). The van der Waals surface area contributed by atoms with E-state index in [1.54, 1.807) is 146 Å². The molecule has 2 heterocycles. The van der Waals surface area contributed by atoms with Gasteiger partial charge >= 0.3 is 29.8 Å². The van der Waals surface area contributed by atoms with Crippen LogP contribution in [-0.4, -0.2) is 104 Å². The lowest BCUT2D eigenvalue weighted by molar-refractivity contribution is 0.0419. The van der Waals surface area contributed by atoms with E-state index in [1.165, 1.54) is 0 Å². The lowest BCUT2D eigenvalue weighted by atomic mass is 10.0. The molecule has 0 aliphatic rings. The minimum atomic E-state index is -0.447. The fourth-order valence-electron chi connectivity index (χ4n) is 12.4. The van der Waals surface area contributed by atoms with Gasteiger partial charge < -0.3 is 60.9 Å². The number of carbonyl (C=O) groups excluding carboxylic acids is 6. The first-order chi connectivity index (χ1) is 56.1. The molecule has 0 saturated heterocycles.